The van der Waals surface area contributed by atoms with Crippen LogP contribution in [0.4, 0.5) is 0 Å². The Bertz CT molecular complexity index is 983. The SMILES string of the molecule is CCCN1CC(C(=O)N(CC)CC)C=C2c3cccc4c3c(cn4C(C)=O)CC21. The second-order valence-corrected chi connectivity index (χ2v) is 8.20. The molecule has 2 heterocycles. The van der Waals surface area contributed by atoms with Crippen LogP contribution in [0, 0.1) is 5.92 Å². The van der Waals surface area contributed by atoms with Crippen LogP contribution in [0.5, 0.6) is 0 Å². The molecule has 2 unspecified atom stereocenters. The first-order valence-electron chi connectivity index (χ1n) is 10.9. The van der Waals surface area contributed by atoms with E-state index in [4.69, 9.17) is 0 Å². The van der Waals surface area contributed by atoms with Gasteiger partial charge in [0.25, 0.3) is 0 Å². The molecule has 1 aromatic heterocycles. The predicted octanol–water partition coefficient (Wildman–Crippen LogP) is 3.82. The maximum Gasteiger partial charge on any atom is 0.230 e. The van der Waals surface area contributed by atoms with Crippen molar-refractivity contribution in [3.63, 3.8) is 0 Å². The topological polar surface area (TPSA) is 45.6 Å². The highest BCUT2D eigenvalue weighted by atomic mass is 16.2. The summed E-state index contributed by atoms with van der Waals surface area (Å²) in [6.07, 6.45) is 6.19. The van der Waals surface area contributed by atoms with Gasteiger partial charge in [-0.15, -0.1) is 0 Å². The molecule has 1 aliphatic carbocycles. The van der Waals surface area contributed by atoms with Gasteiger partial charge in [0.2, 0.25) is 11.8 Å². The molecule has 0 fully saturated rings. The molecule has 2 aromatic rings. The lowest BCUT2D eigenvalue weighted by Crippen LogP contribution is -2.49. The molecule has 0 bridgehead atoms. The third-order valence-electron chi connectivity index (χ3n) is 6.49. The summed E-state index contributed by atoms with van der Waals surface area (Å²) >= 11 is 0. The number of rotatable bonds is 5. The van der Waals surface area contributed by atoms with Crippen LogP contribution in [0.15, 0.2) is 30.5 Å². The van der Waals surface area contributed by atoms with Crippen molar-refractivity contribution in [2.45, 2.75) is 46.6 Å². The lowest BCUT2D eigenvalue weighted by molar-refractivity contribution is -0.134. The highest BCUT2D eigenvalue weighted by molar-refractivity contribution is 6.03. The number of benzene rings is 1. The van der Waals surface area contributed by atoms with E-state index in [1.54, 1.807) is 11.5 Å². The number of carbonyl (C=O) groups excluding carboxylic acids is 2. The Morgan fingerprint density at radius 2 is 1.93 bits per heavy atom. The zero-order chi connectivity index (χ0) is 20.7. The second kappa shape index (κ2) is 7.79. The molecule has 1 aromatic carbocycles. The quantitative estimate of drug-likeness (QED) is 0.776. The largest absolute Gasteiger partial charge is 0.343 e. The lowest BCUT2D eigenvalue weighted by Gasteiger charge is -2.42. The standard InChI is InChI=1S/C24H31N3O2/c1-5-11-26-14-18(24(29)25(6-2)7-3)12-20-19-9-8-10-21-23(19)17(13-22(20)26)15-27(21)16(4)28/h8-10,12,15,18,22H,5-7,11,13-14H2,1-4H3. The molecular formula is C24H31N3O2. The van der Waals surface area contributed by atoms with E-state index in [-0.39, 0.29) is 23.8 Å². The summed E-state index contributed by atoms with van der Waals surface area (Å²) in [5.74, 6) is 0.151. The number of fused-ring (bicyclic) bond motifs is 2. The second-order valence-electron chi connectivity index (χ2n) is 8.20. The first kappa shape index (κ1) is 19.9. The van der Waals surface area contributed by atoms with Gasteiger partial charge in [0.15, 0.2) is 0 Å². The molecule has 154 valence electrons. The zero-order valence-electron chi connectivity index (χ0n) is 17.9. The molecule has 0 spiro atoms. The molecule has 29 heavy (non-hydrogen) atoms. The van der Waals surface area contributed by atoms with Gasteiger partial charge >= 0.3 is 0 Å². The molecule has 0 radical (unpaired) electrons. The summed E-state index contributed by atoms with van der Waals surface area (Å²) in [6.45, 7) is 11.1. The summed E-state index contributed by atoms with van der Waals surface area (Å²) in [7, 11) is 0. The minimum absolute atomic E-state index is 0.0391. The normalized spacial score (nSPS) is 21.0. The maximum atomic E-state index is 13.2. The number of carbonyl (C=O) groups is 2. The van der Waals surface area contributed by atoms with Gasteiger partial charge in [0.05, 0.1) is 11.4 Å². The fourth-order valence-corrected chi connectivity index (χ4v) is 5.15. The Morgan fingerprint density at radius 1 is 1.17 bits per heavy atom. The van der Waals surface area contributed by atoms with E-state index >= 15 is 0 Å². The van der Waals surface area contributed by atoms with Crippen molar-refractivity contribution in [3.05, 3.63) is 41.6 Å². The van der Waals surface area contributed by atoms with Crippen LogP contribution in [-0.2, 0) is 11.2 Å². The van der Waals surface area contributed by atoms with Crippen molar-refractivity contribution in [2.75, 3.05) is 26.2 Å². The number of hydrogen-bond donors (Lipinski definition) is 0. The monoisotopic (exact) mass is 393 g/mol. The van der Waals surface area contributed by atoms with Crippen LogP contribution in [0.3, 0.4) is 0 Å². The Morgan fingerprint density at radius 3 is 2.59 bits per heavy atom. The van der Waals surface area contributed by atoms with Crippen LogP contribution in [0.1, 0.15) is 50.0 Å². The predicted molar refractivity (Wildman–Crippen MR) is 117 cm³/mol. The van der Waals surface area contributed by atoms with Crippen molar-refractivity contribution in [1.82, 2.24) is 14.4 Å². The van der Waals surface area contributed by atoms with Gasteiger partial charge in [-0.25, -0.2) is 0 Å². The molecule has 0 N–H and O–H groups in total. The van der Waals surface area contributed by atoms with Gasteiger partial charge in [-0.05, 0) is 56.0 Å². The zero-order valence-corrected chi connectivity index (χ0v) is 17.9. The number of amides is 1. The highest BCUT2D eigenvalue weighted by Gasteiger charge is 2.38. The van der Waals surface area contributed by atoms with Crippen LogP contribution >= 0.6 is 0 Å². The molecule has 2 aliphatic rings. The molecule has 1 aliphatic heterocycles. The van der Waals surface area contributed by atoms with Crippen LogP contribution < -0.4 is 0 Å². The summed E-state index contributed by atoms with van der Waals surface area (Å²) in [5, 5.41) is 1.18. The summed E-state index contributed by atoms with van der Waals surface area (Å²) in [5.41, 5.74) is 4.66. The first-order valence-corrected chi connectivity index (χ1v) is 10.9. The fraction of sp³-hybridized carbons (Fsp3) is 0.500. The highest BCUT2D eigenvalue weighted by Crippen LogP contribution is 2.42. The van der Waals surface area contributed by atoms with Crippen LogP contribution in [-0.4, -0.2) is 58.4 Å². The molecule has 1 amide bonds. The van der Waals surface area contributed by atoms with Gasteiger partial charge in [-0.3, -0.25) is 19.1 Å². The molecular weight excluding hydrogens is 362 g/mol. The van der Waals surface area contributed by atoms with E-state index < -0.39 is 0 Å². The summed E-state index contributed by atoms with van der Waals surface area (Å²) in [4.78, 5) is 29.8. The number of nitrogens with zero attached hydrogens (tertiary/aromatic N) is 3. The summed E-state index contributed by atoms with van der Waals surface area (Å²) in [6, 6.07) is 6.49. The molecule has 0 saturated carbocycles. The van der Waals surface area contributed by atoms with Gasteiger partial charge in [0, 0.05) is 44.2 Å². The minimum atomic E-state index is -0.112. The third kappa shape index (κ3) is 3.21. The van der Waals surface area contributed by atoms with E-state index in [1.165, 1.54) is 22.1 Å². The van der Waals surface area contributed by atoms with Crippen molar-refractivity contribution in [2.24, 2.45) is 5.92 Å². The van der Waals surface area contributed by atoms with Crippen LogP contribution in [0.25, 0.3) is 16.5 Å². The average Bonchev–Trinajstić information content (AvgIpc) is 3.10. The van der Waals surface area contributed by atoms with E-state index in [0.29, 0.717) is 0 Å². The van der Waals surface area contributed by atoms with Crippen LogP contribution in [0.2, 0.25) is 0 Å². The maximum absolute atomic E-state index is 13.2. The van der Waals surface area contributed by atoms with Gasteiger partial charge < -0.3 is 4.90 Å². The third-order valence-corrected chi connectivity index (χ3v) is 6.49. The van der Waals surface area contributed by atoms with Gasteiger partial charge in [0.1, 0.15) is 0 Å². The molecule has 5 heteroatoms. The number of aromatic nitrogens is 1. The first-order chi connectivity index (χ1) is 14.0. The minimum Gasteiger partial charge on any atom is -0.343 e. The van der Waals surface area contributed by atoms with Crippen molar-refractivity contribution in [1.29, 1.82) is 0 Å². The van der Waals surface area contributed by atoms with E-state index in [9.17, 15) is 9.59 Å². The Hall–Kier alpha value is -2.40. The Kier molecular flexibility index (Phi) is 5.34. The smallest absolute Gasteiger partial charge is 0.230 e. The number of hydrogen-bond acceptors (Lipinski definition) is 3. The van der Waals surface area contributed by atoms with Crippen molar-refractivity contribution in [3.8, 4) is 0 Å². The van der Waals surface area contributed by atoms with Gasteiger partial charge in [-0.2, -0.15) is 0 Å². The van der Waals surface area contributed by atoms with E-state index in [1.807, 2.05) is 37.1 Å². The molecule has 4 rings (SSSR count). The van der Waals surface area contributed by atoms with E-state index in [0.717, 1.165) is 44.5 Å². The lowest BCUT2D eigenvalue weighted by atomic mass is 9.79. The molecule has 0 saturated heterocycles. The molecule has 2 atom stereocenters. The van der Waals surface area contributed by atoms with Crippen molar-refractivity contribution >= 4 is 28.3 Å². The summed E-state index contributed by atoms with van der Waals surface area (Å²) < 4.78 is 1.77. The fourth-order valence-electron chi connectivity index (χ4n) is 5.15. The van der Waals surface area contributed by atoms with Crippen molar-refractivity contribution < 1.29 is 9.59 Å². The Labute approximate surface area is 173 Å². The van der Waals surface area contributed by atoms with E-state index in [2.05, 4.69) is 24.0 Å². The Balaban J connectivity index is 1.85. The molecule has 5 nitrogen and oxygen atoms in total. The van der Waals surface area contributed by atoms with Gasteiger partial charge in [-0.1, -0.05) is 25.1 Å². The average molecular weight is 394 g/mol.